The van der Waals surface area contributed by atoms with Crippen LogP contribution in [0.5, 0.6) is 5.75 Å². The lowest BCUT2D eigenvalue weighted by atomic mass is 9.87. The zero-order valence-electron chi connectivity index (χ0n) is 21.8. The molecule has 2 heterocycles. The fraction of sp³-hybridized carbons (Fsp3) is 0.400. The van der Waals surface area contributed by atoms with Crippen molar-refractivity contribution in [3.63, 3.8) is 0 Å². The Hall–Kier alpha value is -3.18. The van der Waals surface area contributed by atoms with Crippen LogP contribution in [0.15, 0.2) is 36.4 Å². The van der Waals surface area contributed by atoms with Crippen molar-refractivity contribution in [1.82, 2.24) is 4.98 Å². The molecule has 0 aliphatic carbocycles. The molecular formula is C30H35NO4. The highest BCUT2D eigenvalue weighted by Crippen LogP contribution is 2.42. The highest BCUT2D eigenvalue weighted by Gasteiger charge is 2.33. The monoisotopic (exact) mass is 473 g/mol. The van der Waals surface area contributed by atoms with Gasteiger partial charge in [-0.1, -0.05) is 18.2 Å². The molecular weight excluding hydrogens is 438 g/mol. The minimum atomic E-state index is -1.14. The van der Waals surface area contributed by atoms with E-state index in [-0.39, 0.29) is 0 Å². The predicted molar refractivity (Wildman–Crippen MR) is 139 cm³/mol. The molecule has 0 spiro atoms. The lowest BCUT2D eigenvalue weighted by Gasteiger charge is -2.29. The van der Waals surface area contributed by atoms with Gasteiger partial charge in [0.15, 0.2) is 6.10 Å². The first-order valence-corrected chi connectivity index (χ1v) is 12.2. The van der Waals surface area contributed by atoms with Crippen LogP contribution in [-0.2, 0) is 16.0 Å². The van der Waals surface area contributed by atoms with Gasteiger partial charge in [-0.25, -0.2) is 4.79 Å². The van der Waals surface area contributed by atoms with Gasteiger partial charge in [-0.05, 0) is 113 Å². The quantitative estimate of drug-likeness (QED) is 0.436. The topological polar surface area (TPSA) is 68.7 Å². The third-order valence-electron chi connectivity index (χ3n) is 6.60. The molecule has 35 heavy (non-hydrogen) atoms. The average molecular weight is 474 g/mol. The standard InChI is InChI=1S/C30H35NO4/c1-17-10-11-23(15-18(17)2)27-19(3)25(22-12-13-24-21(16-22)9-8-14-34-24)26(20(4)31-27)28(29(32)33)35-30(5,6)7/h10-13,15-16,28H,8-9,14H2,1-7H3,(H,32,33)/t28-/m0/s1. The van der Waals surface area contributed by atoms with E-state index < -0.39 is 17.7 Å². The minimum absolute atomic E-state index is 0.606. The number of fused-ring (bicyclic) bond motifs is 1. The van der Waals surface area contributed by atoms with Crippen molar-refractivity contribution in [1.29, 1.82) is 0 Å². The van der Waals surface area contributed by atoms with Crippen molar-refractivity contribution < 1.29 is 19.4 Å². The summed E-state index contributed by atoms with van der Waals surface area (Å²) in [6.45, 7) is 14.4. The van der Waals surface area contributed by atoms with E-state index in [0.717, 1.165) is 58.7 Å². The van der Waals surface area contributed by atoms with Crippen molar-refractivity contribution in [2.75, 3.05) is 6.61 Å². The Morgan fingerprint density at radius 2 is 1.74 bits per heavy atom. The van der Waals surface area contributed by atoms with E-state index >= 15 is 0 Å². The van der Waals surface area contributed by atoms with E-state index in [2.05, 4.69) is 38.1 Å². The fourth-order valence-corrected chi connectivity index (χ4v) is 4.78. The second-order valence-corrected chi connectivity index (χ2v) is 10.5. The summed E-state index contributed by atoms with van der Waals surface area (Å²) in [6.07, 6.45) is 0.764. The molecule has 184 valence electrons. The van der Waals surface area contributed by atoms with Crippen molar-refractivity contribution in [3.8, 4) is 28.1 Å². The first-order valence-electron chi connectivity index (χ1n) is 12.2. The maximum atomic E-state index is 12.5. The summed E-state index contributed by atoms with van der Waals surface area (Å²) in [4.78, 5) is 17.5. The molecule has 1 aromatic heterocycles. The van der Waals surface area contributed by atoms with Crippen LogP contribution in [-0.4, -0.2) is 28.3 Å². The molecule has 4 rings (SSSR count). The summed E-state index contributed by atoms with van der Waals surface area (Å²) in [5.41, 5.74) is 8.83. The second kappa shape index (κ2) is 9.46. The van der Waals surface area contributed by atoms with Crippen LogP contribution in [0.2, 0.25) is 0 Å². The van der Waals surface area contributed by atoms with Crippen LogP contribution >= 0.6 is 0 Å². The molecule has 0 fully saturated rings. The number of nitrogens with zero attached hydrogens (tertiary/aromatic N) is 1. The van der Waals surface area contributed by atoms with Gasteiger partial charge in [0.2, 0.25) is 0 Å². The number of aryl methyl sites for hydroxylation is 4. The van der Waals surface area contributed by atoms with Crippen LogP contribution in [0.25, 0.3) is 22.4 Å². The smallest absolute Gasteiger partial charge is 0.337 e. The van der Waals surface area contributed by atoms with Crippen LogP contribution < -0.4 is 4.74 Å². The lowest BCUT2D eigenvalue weighted by molar-refractivity contribution is -0.160. The molecule has 0 saturated carbocycles. The van der Waals surface area contributed by atoms with E-state index in [9.17, 15) is 9.90 Å². The molecule has 0 amide bonds. The lowest BCUT2D eigenvalue weighted by Crippen LogP contribution is -2.28. The average Bonchev–Trinajstić information content (AvgIpc) is 2.79. The van der Waals surface area contributed by atoms with Crippen LogP contribution in [0.3, 0.4) is 0 Å². The van der Waals surface area contributed by atoms with Gasteiger partial charge in [-0.15, -0.1) is 0 Å². The highest BCUT2D eigenvalue weighted by atomic mass is 16.5. The number of ether oxygens (including phenoxy) is 2. The van der Waals surface area contributed by atoms with E-state index in [1.807, 2.05) is 46.8 Å². The molecule has 1 atom stereocenters. The zero-order chi connectivity index (χ0) is 25.5. The number of hydrogen-bond donors (Lipinski definition) is 1. The highest BCUT2D eigenvalue weighted by molar-refractivity contribution is 5.85. The van der Waals surface area contributed by atoms with E-state index in [4.69, 9.17) is 14.5 Å². The van der Waals surface area contributed by atoms with Gasteiger partial charge >= 0.3 is 5.97 Å². The molecule has 0 unspecified atom stereocenters. The number of benzene rings is 2. The molecule has 5 heteroatoms. The minimum Gasteiger partial charge on any atom is -0.493 e. The number of carboxylic acids is 1. The molecule has 3 aromatic rings. The summed E-state index contributed by atoms with van der Waals surface area (Å²) in [5, 5.41) is 10.2. The van der Waals surface area contributed by atoms with Crippen molar-refractivity contribution >= 4 is 5.97 Å². The Morgan fingerprint density at radius 1 is 1.03 bits per heavy atom. The van der Waals surface area contributed by atoms with E-state index in [1.54, 1.807) is 0 Å². The van der Waals surface area contributed by atoms with E-state index in [0.29, 0.717) is 11.3 Å². The summed E-state index contributed by atoms with van der Waals surface area (Å²) in [5.74, 6) is -0.120. The first kappa shape index (κ1) is 24.9. The normalized spacial score (nSPS) is 14.3. The zero-order valence-corrected chi connectivity index (χ0v) is 21.8. The summed E-state index contributed by atoms with van der Waals surface area (Å²) < 4.78 is 11.9. The number of carbonyl (C=O) groups is 1. The van der Waals surface area contributed by atoms with Gasteiger partial charge in [0, 0.05) is 16.8 Å². The molecule has 1 N–H and O–H groups in total. The van der Waals surface area contributed by atoms with Gasteiger partial charge in [0.1, 0.15) is 5.75 Å². The maximum absolute atomic E-state index is 12.5. The van der Waals surface area contributed by atoms with Crippen molar-refractivity contribution in [2.45, 2.75) is 73.0 Å². The fourth-order valence-electron chi connectivity index (χ4n) is 4.78. The number of aromatic nitrogens is 1. The van der Waals surface area contributed by atoms with Crippen molar-refractivity contribution in [3.05, 3.63) is 69.9 Å². The van der Waals surface area contributed by atoms with Crippen molar-refractivity contribution in [2.24, 2.45) is 0 Å². The Labute approximate surface area is 208 Å². The largest absolute Gasteiger partial charge is 0.493 e. The number of carboxylic acid groups (broad SMARTS) is 1. The first-order chi connectivity index (χ1) is 16.5. The van der Waals surface area contributed by atoms with Crippen LogP contribution in [0.4, 0.5) is 0 Å². The number of rotatable bonds is 5. The predicted octanol–water partition coefficient (Wildman–Crippen LogP) is 6.92. The summed E-state index contributed by atoms with van der Waals surface area (Å²) in [6, 6.07) is 12.5. The molecule has 1 aliphatic heterocycles. The molecule has 5 nitrogen and oxygen atoms in total. The molecule has 0 bridgehead atoms. The Morgan fingerprint density at radius 3 is 2.40 bits per heavy atom. The number of hydrogen-bond acceptors (Lipinski definition) is 4. The molecule has 0 radical (unpaired) electrons. The maximum Gasteiger partial charge on any atom is 0.337 e. The van der Waals surface area contributed by atoms with E-state index in [1.165, 1.54) is 11.1 Å². The Balaban J connectivity index is 2.01. The number of pyridine rings is 1. The van der Waals surface area contributed by atoms with Gasteiger partial charge in [-0.2, -0.15) is 0 Å². The third-order valence-corrected chi connectivity index (χ3v) is 6.60. The molecule has 1 aliphatic rings. The van der Waals surface area contributed by atoms with Crippen LogP contribution in [0.1, 0.15) is 66.8 Å². The molecule has 2 aromatic carbocycles. The van der Waals surface area contributed by atoms with Gasteiger partial charge < -0.3 is 14.6 Å². The van der Waals surface area contributed by atoms with Crippen LogP contribution in [0, 0.1) is 27.7 Å². The van der Waals surface area contributed by atoms with Gasteiger partial charge in [0.25, 0.3) is 0 Å². The van der Waals surface area contributed by atoms with Gasteiger partial charge in [0.05, 0.1) is 17.9 Å². The molecule has 0 saturated heterocycles. The summed E-state index contributed by atoms with van der Waals surface area (Å²) in [7, 11) is 0. The SMILES string of the molecule is Cc1ccc(-c2nc(C)c([C@H](OC(C)(C)C)C(=O)O)c(-c3ccc4c(c3)CCCO4)c2C)cc1C. The third kappa shape index (κ3) is 5.10. The Bertz CT molecular complexity index is 1290. The summed E-state index contributed by atoms with van der Waals surface area (Å²) >= 11 is 0. The Kier molecular flexibility index (Phi) is 6.74. The number of aliphatic carboxylic acids is 1. The second-order valence-electron chi connectivity index (χ2n) is 10.5. The van der Waals surface area contributed by atoms with Gasteiger partial charge in [-0.3, -0.25) is 4.98 Å².